The third kappa shape index (κ3) is 5.36. The van der Waals surface area contributed by atoms with E-state index in [0.717, 1.165) is 16.0 Å². The lowest BCUT2D eigenvalue weighted by atomic mass is 9.88. The van der Waals surface area contributed by atoms with Crippen LogP contribution in [0.15, 0.2) is 53.9 Å². The number of nitrogens with zero attached hydrogens (tertiary/aromatic N) is 4. The van der Waals surface area contributed by atoms with E-state index < -0.39 is 23.3 Å². The topological polar surface area (TPSA) is 84.8 Å². The van der Waals surface area contributed by atoms with Crippen molar-refractivity contribution in [2.45, 2.75) is 39.7 Å². The van der Waals surface area contributed by atoms with Crippen molar-refractivity contribution in [2.75, 3.05) is 4.90 Å². The number of halogens is 2. The summed E-state index contributed by atoms with van der Waals surface area (Å²) in [6, 6.07) is 10.5. The molecular formula is C28H24Cl2N4O3. The van der Waals surface area contributed by atoms with Gasteiger partial charge in [-0.3, -0.25) is 9.59 Å². The number of terminal acetylenes is 1. The number of rotatable bonds is 5. The van der Waals surface area contributed by atoms with Crippen molar-refractivity contribution < 1.29 is 14.4 Å². The molecule has 1 unspecified atom stereocenters. The molecule has 0 fully saturated rings. The molecule has 1 aromatic heterocycles. The molecule has 2 aromatic carbocycles. The Balaban J connectivity index is 1.62. The minimum absolute atomic E-state index is 0.0318. The minimum atomic E-state index is -0.741. The van der Waals surface area contributed by atoms with Crippen LogP contribution < -0.4 is 4.90 Å². The molecule has 0 saturated heterocycles. The molecule has 1 aliphatic heterocycles. The van der Waals surface area contributed by atoms with Crippen molar-refractivity contribution in [3.63, 3.8) is 0 Å². The monoisotopic (exact) mass is 534 g/mol. The van der Waals surface area contributed by atoms with E-state index in [1.807, 2.05) is 13.0 Å². The van der Waals surface area contributed by atoms with Gasteiger partial charge < -0.3 is 4.84 Å². The number of amides is 2. The molecule has 4 rings (SSSR count). The highest BCUT2D eigenvalue weighted by molar-refractivity contribution is 6.34. The van der Waals surface area contributed by atoms with Crippen LogP contribution in [0.2, 0.25) is 10.0 Å². The molecule has 0 bridgehead atoms. The van der Waals surface area contributed by atoms with Gasteiger partial charge in [-0.15, -0.1) is 6.42 Å². The Morgan fingerprint density at radius 3 is 2.32 bits per heavy atom. The van der Waals surface area contributed by atoms with Gasteiger partial charge in [0.1, 0.15) is 0 Å². The third-order valence-electron chi connectivity index (χ3n) is 6.05. The molecule has 7 nitrogen and oxygen atoms in total. The fourth-order valence-corrected chi connectivity index (χ4v) is 4.50. The first-order valence-electron chi connectivity index (χ1n) is 11.5. The third-order valence-corrected chi connectivity index (χ3v) is 6.48. The highest BCUT2D eigenvalue weighted by atomic mass is 35.5. The summed E-state index contributed by atoms with van der Waals surface area (Å²) >= 11 is 12.4. The first-order valence-corrected chi connectivity index (χ1v) is 12.3. The molecule has 0 saturated carbocycles. The van der Waals surface area contributed by atoms with Crippen LogP contribution in [0.3, 0.4) is 0 Å². The van der Waals surface area contributed by atoms with E-state index in [-0.39, 0.29) is 5.95 Å². The lowest BCUT2D eigenvalue weighted by Crippen LogP contribution is -2.41. The summed E-state index contributed by atoms with van der Waals surface area (Å²) in [6.45, 7) is 7.12. The van der Waals surface area contributed by atoms with Crippen molar-refractivity contribution >= 4 is 46.7 Å². The van der Waals surface area contributed by atoms with Gasteiger partial charge in [0.2, 0.25) is 11.9 Å². The van der Waals surface area contributed by atoms with Crippen molar-refractivity contribution in [2.24, 2.45) is 11.1 Å². The number of imide groups is 1. The van der Waals surface area contributed by atoms with Crippen LogP contribution in [-0.4, -0.2) is 27.5 Å². The maximum absolute atomic E-state index is 13.6. The van der Waals surface area contributed by atoms with Gasteiger partial charge in [0, 0.05) is 45.9 Å². The van der Waals surface area contributed by atoms with Gasteiger partial charge in [-0.1, -0.05) is 54.2 Å². The molecule has 1 aliphatic rings. The Morgan fingerprint density at radius 2 is 1.76 bits per heavy atom. The number of anilines is 1. The number of hydrogen-bond donors (Lipinski definition) is 0. The average Bonchev–Trinajstić information content (AvgIpc) is 3.27. The van der Waals surface area contributed by atoms with E-state index in [0.29, 0.717) is 38.9 Å². The van der Waals surface area contributed by atoms with Crippen LogP contribution in [-0.2, 0) is 15.2 Å². The highest BCUT2D eigenvalue weighted by Gasteiger charge is 2.37. The van der Waals surface area contributed by atoms with E-state index in [2.05, 4.69) is 21.0 Å². The molecule has 37 heavy (non-hydrogen) atoms. The van der Waals surface area contributed by atoms with Crippen LogP contribution in [0.1, 0.15) is 59.8 Å². The Labute approximate surface area is 225 Å². The number of hydrogen-bond acceptors (Lipinski definition) is 6. The predicted octanol–water partition coefficient (Wildman–Crippen LogP) is 5.94. The van der Waals surface area contributed by atoms with Gasteiger partial charge >= 0.3 is 0 Å². The van der Waals surface area contributed by atoms with E-state index in [1.54, 1.807) is 51.1 Å². The molecule has 0 aliphatic carbocycles. The summed E-state index contributed by atoms with van der Waals surface area (Å²) in [5.41, 5.74) is 3.02. The molecule has 0 N–H and O–H groups in total. The summed E-state index contributed by atoms with van der Waals surface area (Å²) in [4.78, 5) is 41.6. The molecule has 3 aromatic rings. The largest absolute Gasteiger partial charge is 0.384 e. The van der Waals surface area contributed by atoms with Crippen molar-refractivity contribution in [3.8, 4) is 12.3 Å². The number of oxime groups is 1. The lowest BCUT2D eigenvalue weighted by molar-refractivity contribution is -0.120. The summed E-state index contributed by atoms with van der Waals surface area (Å²) < 4.78 is 0. The normalized spacial score (nSPS) is 16.6. The van der Waals surface area contributed by atoms with Gasteiger partial charge in [0.05, 0.1) is 11.3 Å². The molecular weight excluding hydrogens is 511 g/mol. The van der Waals surface area contributed by atoms with E-state index >= 15 is 0 Å². The molecule has 2 heterocycles. The van der Waals surface area contributed by atoms with Gasteiger partial charge in [-0.2, -0.15) is 0 Å². The van der Waals surface area contributed by atoms with Crippen LogP contribution in [0, 0.1) is 25.2 Å². The zero-order valence-electron chi connectivity index (χ0n) is 20.8. The van der Waals surface area contributed by atoms with Gasteiger partial charge in [-0.05, 0) is 55.3 Å². The second-order valence-corrected chi connectivity index (χ2v) is 10.1. The molecule has 1 atom stereocenters. The van der Waals surface area contributed by atoms with Crippen molar-refractivity contribution in [1.82, 2.24) is 9.97 Å². The fraction of sp³-hybridized carbons (Fsp3) is 0.250. The summed E-state index contributed by atoms with van der Waals surface area (Å²) in [5, 5.41) is 5.33. The molecule has 0 radical (unpaired) electrons. The quantitative estimate of drug-likeness (QED) is 0.378. The second-order valence-electron chi connectivity index (χ2n) is 9.27. The Hall–Kier alpha value is -3.73. The first-order chi connectivity index (χ1) is 17.5. The van der Waals surface area contributed by atoms with E-state index in [1.165, 1.54) is 12.4 Å². The molecule has 0 spiro atoms. The standard InChI is InChI=1S/C28H24Cl2N4O3/c1-6-18-14-31-27(32-15-18)34(25(35)16(2)3)26(36)23-8-7-19(9-17(23)4)24-13-28(5,37-33-24)20-10-21(29)12-22(30)11-20/h1,7-12,14-16H,13H2,2-5H3. The van der Waals surface area contributed by atoms with Crippen molar-refractivity contribution in [1.29, 1.82) is 0 Å². The van der Waals surface area contributed by atoms with Crippen LogP contribution in [0.4, 0.5) is 5.95 Å². The zero-order chi connectivity index (χ0) is 26.9. The summed E-state index contributed by atoms with van der Waals surface area (Å²) in [5.74, 6) is 0.980. The minimum Gasteiger partial charge on any atom is -0.384 e. The van der Waals surface area contributed by atoms with Gasteiger partial charge in [0.25, 0.3) is 5.91 Å². The smallest absolute Gasteiger partial charge is 0.267 e. The van der Waals surface area contributed by atoms with Gasteiger partial charge in [0.15, 0.2) is 5.60 Å². The fourth-order valence-electron chi connectivity index (χ4n) is 3.97. The Bertz CT molecular complexity index is 1440. The number of carbonyl (C=O) groups excluding carboxylic acids is 2. The van der Waals surface area contributed by atoms with E-state index in [9.17, 15) is 9.59 Å². The first kappa shape index (κ1) is 26.3. The van der Waals surface area contributed by atoms with Crippen LogP contribution in [0.25, 0.3) is 0 Å². The maximum Gasteiger partial charge on any atom is 0.267 e. The molecule has 9 heteroatoms. The lowest BCUT2D eigenvalue weighted by Gasteiger charge is -2.22. The Morgan fingerprint density at radius 1 is 1.11 bits per heavy atom. The number of benzene rings is 2. The number of aromatic nitrogens is 2. The summed E-state index contributed by atoms with van der Waals surface area (Å²) in [7, 11) is 0. The molecule has 188 valence electrons. The van der Waals surface area contributed by atoms with Crippen LogP contribution in [0.5, 0.6) is 0 Å². The summed E-state index contributed by atoms with van der Waals surface area (Å²) in [6.07, 6.45) is 8.65. The predicted molar refractivity (Wildman–Crippen MR) is 144 cm³/mol. The molecule has 2 amide bonds. The highest BCUT2D eigenvalue weighted by Crippen LogP contribution is 2.38. The van der Waals surface area contributed by atoms with Gasteiger partial charge in [-0.25, -0.2) is 14.9 Å². The number of carbonyl (C=O) groups is 2. The zero-order valence-corrected chi connectivity index (χ0v) is 22.3. The number of aryl methyl sites for hydroxylation is 1. The SMILES string of the molecule is C#Cc1cnc(N(C(=O)c2ccc(C3=NOC(C)(c4cc(Cl)cc(Cl)c4)C3)cc2C)C(=O)C(C)C)nc1. The average molecular weight is 535 g/mol. The van der Waals surface area contributed by atoms with Crippen LogP contribution >= 0.6 is 23.2 Å². The Kier molecular flexibility index (Phi) is 7.35. The second kappa shape index (κ2) is 10.3. The maximum atomic E-state index is 13.6. The van der Waals surface area contributed by atoms with Crippen molar-refractivity contribution in [3.05, 3.63) is 86.7 Å². The van der Waals surface area contributed by atoms with E-state index in [4.69, 9.17) is 34.5 Å².